The molecule has 2 saturated heterocycles. The zero-order chi connectivity index (χ0) is 19.3. The molecule has 28 heavy (non-hydrogen) atoms. The quantitative estimate of drug-likeness (QED) is 0.212. The Bertz CT molecular complexity index is 409. The molecular weight excluding hydrogens is 467 g/mol. The van der Waals surface area contributed by atoms with Gasteiger partial charge in [-0.2, -0.15) is 0 Å². The lowest BCUT2D eigenvalue weighted by atomic mass is 9.99. The molecular formula is C21H43IN4O2. The number of nitrogens with one attached hydrogen (secondary N) is 1. The Balaban J connectivity index is 0.00000392. The summed E-state index contributed by atoms with van der Waals surface area (Å²) in [6, 6.07) is 0. The Morgan fingerprint density at radius 2 is 1.75 bits per heavy atom. The third kappa shape index (κ3) is 10.1. The van der Waals surface area contributed by atoms with Gasteiger partial charge in [0.2, 0.25) is 0 Å². The number of piperidine rings is 2. The van der Waals surface area contributed by atoms with E-state index in [0.29, 0.717) is 6.10 Å². The maximum absolute atomic E-state index is 5.97. The molecule has 2 heterocycles. The fraction of sp³-hybridized carbons (Fsp3) is 0.952. The highest BCUT2D eigenvalue weighted by atomic mass is 127. The van der Waals surface area contributed by atoms with Gasteiger partial charge in [-0.25, -0.2) is 0 Å². The van der Waals surface area contributed by atoms with Gasteiger partial charge in [-0.05, 0) is 71.0 Å². The van der Waals surface area contributed by atoms with Crippen LogP contribution in [0.3, 0.4) is 0 Å². The molecule has 2 aliphatic heterocycles. The highest BCUT2D eigenvalue weighted by molar-refractivity contribution is 14.0. The third-order valence-corrected chi connectivity index (χ3v) is 5.69. The molecule has 0 bridgehead atoms. The van der Waals surface area contributed by atoms with Crippen LogP contribution >= 0.6 is 24.0 Å². The average Bonchev–Trinajstić information content (AvgIpc) is 2.69. The number of rotatable bonds is 10. The molecule has 7 heteroatoms. The van der Waals surface area contributed by atoms with Crippen LogP contribution in [-0.4, -0.2) is 88.0 Å². The highest BCUT2D eigenvalue weighted by Gasteiger charge is 2.22. The molecule has 0 radical (unpaired) electrons. The van der Waals surface area contributed by atoms with Gasteiger partial charge in [-0.3, -0.25) is 4.99 Å². The van der Waals surface area contributed by atoms with Crippen molar-refractivity contribution in [2.75, 3.05) is 66.1 Å². The Kier molecular flexibility index (Phi) is 14.5. The number of aliphatic imine (C=N–C) groups is 1. The molecule has 0 spiro atoms. The molecule has 0 aromatic heterocycles. The van der Waals surface area contributed by atoms with Crippen LogP contribution in [0.1, 0.15) is 52.4 Å². The van der Waals surface area contributed by atoms with Crippen LogP contribution in [0.4, 0.5) is 0 Å². The molecule has 2 rings (SSSR count). The first-order valence-corrected chi connectivity index (χ1v) is 11.1. The molecule has 2 aliphatic rings. The summed E-state index contributed by atoms with van der Waals surface area (Å²) in [5.74, 6) is 1.99. The van der Waals surface area contributed by atoms with E-state index >= 15 is 0 Å². The summed E-state index contributed by atoms with van der Waals surface area (Å²) in [6.07, 6.45) is 7.41. The third-order valence-electron chi connectivity index (χ3n) is 5.69. The summed E-state index contributed by atoms with van der Waals surface area (Å²) in [6.45, 7) is 13.7. The molecule has 0 unspecified atom stereocenters. The van der Waals surface area contributed by atoms with Crippen molar-refractivity contribution in [3.63, 3.8) is 0 Å². The van der Waals surface area contributed by atoms with Crippen LogP contribution in [0.15, 0.2) is 4.99 Å². The van der Waals surface area contributed by atoms with Crippen LogP contribution in [0.25, 0.3) is 0 Å². The Hall–Kier alpha value is -0.120. The van der Waals surface area contributed by atoms with Crippen molar-refractivity contribution in [1.29, 1.82) is 0 Å². The molecule has 0 aromatic rings. The van der Waals surface area contributed by atoms with E-state index in [1.54, 1.807) is 7.11 Å². The molecule has 0 aliphatic carbocycles. The zero-order valence-corrected chi connectivity index (χ0v) is 20.7. The maximum Gasteiger partial charge on any atom is 0.193 e. The van der Waals surface area contributed by atoms with Crippen LogP contribution in [0.2, 0.25) is 0 Å². The topological polar surface area (TPSA) is 49.3 Å². The smallest absolute Gasteiger partial charge is 0.193 e. The fourth-order valence-electron chi connectivity index (χ4n) is 3.88. The second-order valence-electron chi connectivity index (χ2n) is 8.02. The van der Waals surface area contributed by atoms with Crippen molar-refractivity contribution < 1.29 is 9.47 Å². The summed E-state index contributed by atoms with van der Waals surface area (Å²) >= 11 is 0. The van der Waals surface area contributed by atoms with Gasteiger partial charge < -0.3 is 24.6 Å². The summed E-state index contributed by atoms with van der Waals surface area (Å²) in [7, 11) is 1.74. The van der Waals surface area contributed by atoms with Crippen molar-refractivity contribution in [1.82, 2.24) is 15.1 Å². The van der Waals surface area contributed by atoms with E-state index in [0.717, 1.165) is 77.0 Å². The first-order chi connectivity index (χ1) is 13.2. The van der Waals surface area contributed by atoms with Crippen LogP contribution in [0.5, 0.6) is 0 Å². The van der Waals surface area contributed by atoms with Crippen LogP contribution in [-0.2, 0) is 9.47 Å². The van der Waals surface area contributed by atoms with E-state index in [1.807, 2.05) is 0 Å². The lowest BCUT2D eigenvalue weighted by Gasteiger charge is -2.34. The molecule has 0 saturated carbocycles. The number of hydrogen-bond acceptors (Lipinski definition) is 4. The average molecular weight is 511 g/mol. The van der Waals surface area contributed by atoms with E-state index < -0.39 is 0 Å². The summed E-state index contributed by atoms with van der Waals surface area (Å²) in [5, 5.41) is 3.48. The minimum Gasteiger partial charge on any atom is -0.385 e. The first kappa shape index (κ1) is 25.9. The summed E-state index contributed by atoms with van der Waals surface area (Å²) < 4.78 is 11.1. The van der Waals surface area contributed by atoms with Crippen LogP contribution in [0, 0.1) is 5.92 Å². The predicted molar refractivity (Wildman–Crippen MR) is 128 cm³/mol. The largest absolute Gasteiger partial charge is 0.385 e. The van der Waals surface area contributed by atoms with E-state index in [4.69, 9.17) is 14.5 Å². The predicted octanol–water partition coefficient (Wildman–Crippen LogP) is 3.21. The molecule has 2 fully saturated rings. The van der Waals surface area contributed by atoms with E-state index in [9.17, 15) is 0 Å². The van der Waals surface area contributed by atoms with Gasteiger partial charge in [0, 0.05) is 46.5 Å². The van der Waals surface area contributed by atoms with Gasteiger partial charge in [-0.1, -0.05) is 6.92 Å². The lowest BCUT2D eigenvalue weighted by molar-refractivity contribution is 0.00990. The standard InChI is InChI=1S/C21H42N4O2.HI/c1-4-22-21(23-11-5-12-24-13-7-19(2)8-14-24)25-15-9-20(10-16-25)27-18-6-17-26-3;/h19-20H,4-18H2,1-3H3,(H,22,23);1H. The Morgan fingerprint density at radius 1 is 1.04 bits per heavy atom. The van der Waals surface area contributed by atoms with Crippen molar-refractivity contribution >= 4 is 29.9 Å². The van der Waals surface area contributed by atoms with Gasteiger partial charge in [0.05, 0.1) is 6.10 Å². The van der Waals surface area contributed by atoms with Crippen molar-refractivity contribution in [2.24, 2.45) is 10.9 Å². The molecule has 0 aromatic carbocycles. The molecule has 0 atom stereocenters. The minimum atomic E-state index is 0. The number of methoxy groups -OCH3 is 1. The van der Waals surface area contributed by atoms with E-state index in [1.165, 1.54) is 32.5 Å². The van der Waals surface area contributed by atoms with E-state index in [-0.39, 0.29) is 24.0 Å². The zero-order valence-electron chi connectivity index (χ0n) is 18.3. The Labute approximate surface area is 189 Å². The monoisotopic (exact) mass is 510 g/mol. The number of halogens is 1. The van der Waals surface area contributed by atoms with Crippen molar-refractivity contribution in [3.05, 3.63) is 0 Å². The van der Waals surface area contributed by atoms with Crippen molar-refractivity contribution in [2.45, 2.75) is 58.5 Å². The number of likely N-dealkylation sites (tertiary alicyclic amines) is 2. The number of ether oxygens (including phenoxy) is 2. The second kappa shape index (κ2) is 15.7. The molecule has 166 valence electrons. The van der Waals surface area contributed by atoms with Gasteiger partial charge in [0.25, 0.3) is 0 Å². The lowest BCUT2D eigenvalue weighted by Crippen LogP contribution is -2.47. The Morgan fingerprint density at radius 3 is 2.39 bits per heavy atom. The highest BCUT2D eigenvalue weighted by Crippen LogP contribution is 2.16. The number of hydrogen-bond donors (Lipinski definition) is 1. The van der Waals surface area contributed by atoms with E-state index in [2.05, 4.69) is 29.0 Å². The summed E-state index contributed by atoms with van der Waals surface area (Å²) in [4.78, 5) is 9.91. The SMILES string of the molecule is CCNC(=NCCCN1CCC(C)CC1)N1CCC(OCCCOC)CC1.I. The normalized spacial score (nSPS) is 20.2. The molecule has 0 amide bonds. The number of guanidine groups is 1. The fourth-order valence-corrected chi connectivity index (χ4v) is 3.88. The molecule has 1 N–H and O–H groups in total. The van der Waals surface area contributed by atoms with Gasteiger partial charge in [-0.15, -0.1) is 24.0 Å². The maximum atomic E-state index is 5.97. The van der Waals surface area contributed by atoms with Crippen LogP contribution < -0.4 is 5.32 Å². The van der Waals surface area contributed by atoms with Gasteiger partial charge in [0.15, 0.2) is 5.96 Å². The van der Waals surface area contributed by atoms with Gasteiger partial charge in [0.1, 0.15) is 0 Å². The second-order valence-corrected chi connectivity index (χ2v) is 8.02. The number of nitrogens with zero attached hydrogens (tertiary/aromatic N) is 3. The summed E-state index contributed by atoms with van der Waals surface area (Å²) in [5.41, 5.74) is 0. The first-order valence-electron chi connectivity index (χ1n) is 11.1. The minimum absolute atomic E-state index is 0. The van der Waals surface area contributed by atoms with Gasteiger partial charge >= 0.3 is 0 Å². The molecule has 6 nitrogen and oxygen atoms in total. The van der Waals surface area contributed by atoms with Crippen molar-refractivity contribution in [3.8, 4) is 0 Å².